The predicted octanol–water partition coefficient (Wildman–Crippen LogP) is 3.94. The van der Waals surface area contributed by atoms with E-state index in [-0.39, 0.29) is 6.10 Å². The zero-order valence-corrected chi connectivity index (χ0v) is 17.3. The molecule has 6 nitrogen and oxygen atoms in total. The molecule has 0 saturated carbocycles. The summed E-state index contributed by atoms with van der Waals surface area (Å²) in [5.41, 5.74) is 4.78. The molecular formula is C24H27N5O. The molecule has 1 aromatic carbocycles. The summed E-state index contributed by atoms with van der Waals surface area (Å²) in [6.45, 7) is 4.29. The molecule has 6 heteroatoms. The molecule has 1 aliphatic rings. The third-order valence-electron chi connectivity index (χ3n) is 5.18. The lowest BCUT2D eigenvalue weighted by Gasteiger charge is -2.21. The highest BCUT2D eigenvalue weighted by atomic mass is 16.5. The summed E-state index contributed by atoms with van der Waals surface area (Å²) in [4.78, 5) is 4.65. The second-order valence-corrected chi connectivity index (χ2v) is 7.42. The van der Waals surface area contributed by atoms with Crippen LogP contribution in [0, 0.1) is 11.8 Å². The lowest BCUT2D eigenvalue weighted by Crippen LogP contribution is -2.24. The van der Waals surface area contributed by atoms with Crippen molar-refractivity contribution in [3.05, 3.63) is 59.9 Å². The van der Waals surface area contributed by atoms with E-state index in [2.05, 4.69) is 45.4 Å². The summed E-state index contributed by atoms with van der Waals surface area (Å²) >= 11 is 0. The number of anilines is 1. The minimum absolute atomic E-state index is 0.231. The summed E-state index contributed by atoms with van der Waals surface area (Å²) < 4.78 is 7.68. The molecule has 0 radical (unpaired) electrons. The molecule has 3 heterocycles. The highest BCUT2D eigenvalue weighted by Gasteiger charge is 2.16. The molecule has 0 spiro atoms. The Bertz CT molecular complexity index is 1010. The first-order valence-electron chi connectivity index (χ1n) is 10.6. The van der Waals surface area contributed by atoms with Crippen molar-refractivity contribution in [2.45, 2.75) is 45.3 Å². The Hall–Kier alpha value is -3.17. The molecule has 0 aliphatic carbocycles. The van der Waals surface area contributed by atoms with E-state index in [4.69, 9.17) is 4.74 Å². The predicted molar refractivity (Wildman–Crippen MR) is 118 cm³/mol. The number of aryl methyl sites for hydroxylation is 1. The van der Waals surface area contributed by atoms with Gasteiger partial charge < -0.3 is 10.1 Å². The second kappa shape index (κ2) is 10.0. The molecule has 1 N–H and O–H groups in total. The van der Waals surface area contributed by atoms with Crippen LogP contribution in [0.4, 0.5) is 5.69 Å². The Labute approximate surface area is 177 Å². The van der Waals surface area contributed by atoms with Gasteiger partial charge in [-0.2, -0.15) is 0 Å². The molecule has 0 bridgehead atoms. The minimum Gasteiger partial charge on any atom is -0.376 e. The number of hydrogen-bond acceptors (Lipinski definition) is 5. The quantitative estimate of drug-likeness (QED) is 0.634. The first kappa shape index (κ1) is 20.1. The van der Waals surface area contributed by atoms with Crippen molar-refractivity contribution in [3.8, 4) is 23.2 Å². The van der Waals surface area contributed by atoms with Gasteiger partial charge in [0, 0.05) is 24.1 Å². The van der Waals surface area contributed by atoms with Gasteiger partial charge in [0.05, 0.1) is 31.1 Å². The van der Waals surface area contributed by atoms with Gasteiger partial charge in [0.2, 0.25) is 0 Å². The van der Waals surface area contributed by atoms with Gasteiger partial charge >= 0.3 is 0 Å². The Morgan fingerprint density at radius 1 is 1.23 bits per heavy atom. The fourth-order valence-electron chi connectivity index (χ4n) is 3.58. The number of nitrogens with one attached hydrogen (secondary N) is 1. The molecule has 2 aromatic heterocycles. The lowest BCUT2D eigenvalue weighted by molar-refractivity contribution is 0.00370. The smallest absolute Gasteiger partial charge is 0.131 e. The normalized spacial score (nSPS) is 16.0. The number of ether oxygens (including phenoxy) is 1. The third-order valence-corrected chi connectivity index (χ3v) is 5.18. The molecule has 154 valence electrons. The largest absolute Gasteiger partial charge is 0.376 e. The highest BCUT2D eigenvalue weighted by molar-refractivity contribution is 5.59. The number of hydrogen-bond donors (Lipinski definition) is 1. The molecule has 1 fully saturated rings. The zero-order valence-electron chi connectivity index (χ0n) is 17.3. The van der Waals surface area contributed by atoms with Crippen molar-refractivity contribution in [3.63, 3.8) is 0 Å². The van der Waals surface area contributed by atoms with Crippen LogP contribution in [0.15, 0.2) is 48.8 Å². The number of aromatic nitrogens is 4. The lowest BCUT2D eigenvalue weighted by atomic mass is 10.1. The Balaban J connectivity index is 1.42. The van der Waals surface area contributed by atoms with Crippen LogP contribution < -0.4 is 5.32 Å². The van der Waals surface area contributed by atoms with Gasteiger partial charge in [-0.15, -0.1) is 5.10 Å². The number of nitrogens with zero attached hydrogens (tertiary/aromatic N) is 4. The number of para-hydroxylation sites is 1. The monoisotopic (exact) mass is 401 g/mol. The van der Waals surface area contributed by atoms with E-state index in [1.54, 1.807) is 0 Å². The van der Waals surface area contributed by atoms with Crippen LogP contribution in [0.5, 0.6) is 0 Å². The molecule has 1 saturated heterocycles. The first-order valence-corrected chi connectivity index (χ1v) is 10.6. The second-order valence-electron chi connectivity index (χ2n) is 7.42. The fraction of sp³-hybridized carbons (Fsp3) is 0.375. The average Bonchev–Trinajstić information content (AvgIpc) is 3.26. The van der Waals surface area contributed by atoms with E-state index in [0.717, 1.165) is 60.6 Å². The van der Waals surface area contributed by atoms with Crippen LogP contribution in [0.1, 0.15) is 37.3 Å². The van der Waals surface area contributed by atoms with E-state index in [1.165, 1.54) is 6.42 Å². The van der Waals surface area contributed by atoms with Gasteiger partial charge in [-0.05, 0) is 49.4 Å². The summed E-state index contributed by atoms with van der Waals surface area (Å²) in [7, 11) is 0. The summed E-state index contributed by atoms with van der Waals surface area (Å²) in [6, 6.07) is 12.2. The van der Waals surface area contributed by atoms with Crippen LogP contribution in [0.3, 0.4) is 0 Å². The van der Waals surface area contributed by atoms with Gasteiger partial charge in [0.25, 0.3) is 0 Å². The van der Waals surface area contributed by atoms with E-state index < -0.39 is 0 Å². The van der Waals surface area contributed by atoms with Crippen LogP contribution in [-0.2, 0) is 17.7 Å². The van der Waals surface area contributed by atoms with E-state index in [0.29, 0.717) is 6.54 Å². The number of pyridine rings is 1. The molecule has 3 aromatic rings. The van der Waals surface area contributed by atoms with Gasteiger partial charge in [0.1, 0.15) is 5.69 Å². The SMILES string of the molecule is CCc1cc(C#CCNc2ccccc2)cnc1-c1cn(C[C@H]2CCCCO2)nn1. The summed E-state index contributed by atoms with van der Waals surface area (Å²) in [6.07, 6.45) is 8.33. The van der Waals surface area contributed by atoms with Gasteiger partial charge in [-0.1, -0.05) is 42.2 Å². The van der Waals surface area contributed by atoms with Crippen LogP contribution in [0.25, 0.3) is 11.4 Å². The van der Waals surface area contributed by atoms with Crippen molar-refractivity contribution in [2.75, 3.05) is 18.5 Å². The van der Waals surface area contributed by atoms with Crippen molar-refractivity contribution in [2.24, 2.45) is 0 Å². The molecule has 1 atom stereocenters. The Kier molecular flexibility index (Phi) is 6.73. The molecule has 0 unspecified atom stereocenters. The highest BCUT2D eigenvalue weighted by Crippen LogP contribution is 2.21. The Morgan fingerprint density at radius 3 is 2.93 bits per heavy atom. The van der Waals surface area contributed by atoms with Crippen molar-refractivity contribution in [1.29, 1.82) is 0 Å². The van der Waals surface area contributed by atoms with Gasteiger partial charge in [-0.25, -0.2) is 4.68 Å². The van der Waals surface area contributed by atoms with Crippen LogP contribution in [0.2, 0.25) is 0 Å². The number of benzene rings is 1. The maximum absolute atomic E-state index is 5.81. The van der Waals surface area contributed by atoms with Gasteiger partial charge in [0.15, 0.2) is 0 Å². The molecule has 30 heavy (non-hydrogen) atoms. The standard InChI is InChI=1S/C24H27N5O/c1-2-20-15-19(9-8-13-25-21-10-4-3-5-11-21)16-26-24(20)23-18-29(28-27-23)17-22-12-6-7-14-30-22/h3-5,10-11,15-16,18,22,25H,2,6-7,12-14,17H2,1H3/t22-/m1/s1. The minimum atomic E-state index is 0.231. The molecule has 0 amide bonds. The van der Waals surface area contributed by atoms with Crippen molar-refractivity contribution < 1.29 is 4.74 Å². The zero-order chi connectivity index (χ0) is 20.6. The maximum atomic E-state index is 5.81. The average molecular weight is 402 g/mol. The van der Waals surface area contributed by atoms with Crippen molar-refractivity contribution >= 4 is 5.69 Å². The van der Waals surface area contributed by atoms with E-state index >= 15 is 0 Å². The summed E-state index contributed by atoms with van der Waals surface area (Å²) in [5, 5.41) is 11.9. The summed E-state index contributed by atoms with van der Waals surface area (Å²) in [5.74, 6) is 6.36. The first-order chi connectivity index (χ1) is 14.8. The van der Waals surface area contributed by atoms with Gasteiger partial charge in [-0.3, -0.25) is 4.98 Å². The Morgan fingerprint density at radius 2 is 2.13 bits per heavy atom. The van der Waals surface area contributed by atoms with Crippen LogP contribution in [-0.4, -0.2) is 39.2 Å². The molecule has 4 rings (SSSR count). The molecular weight excluding hydrogens is 374 g/mol. The van der Waals surface area contributed by atoms with Crippen LogP contribution >= 0.6 is 0 Å². The third kappa shape index (κ3) is 5.25. The van der Waals surface area contributed by atoms with Crippen molar-refractivity contribution in [1.82, 2.24) is 20.0 Å². The van der Waals surface area contributed by atoms with E-state index in [1.807, 2.05) is 47.4 Å². The number of rotatable bonds is 6. The van der Waals surface area contributed by atoms with E-state index in [9.17, 15) is 0 Å². The fourth-order valence-corrected chi connectivity index (χ4v) is 3.58. The molecule has 1 aliphatic heterocycles. The maximum Gasteiger partial charge on any atom is 0.131 e. The topological polar surface area (TPSA) is 64.9 Å².